The molecule has 10 heteroatoms. The van der Waals surface area contributed by atoms with Crippen LogP contribution in [0.25, 0.3) is 16.6 Å². The van der Waals surface area contributed by atoms with Gasteiger partial charge in [0.1, 0.15) is 23.4 Å². The van der Waals surface area contributed by atoms with Crippen LogP contribution in [-0.2, 0) is 35.2 Å². The van der Waals surface area contributed by atoms with Gasteiger partial charge in [0.05, 0.1) is 12.2 Å². The van der Waals surface area contributed by atoms with Gasteiger partial charge in [0.15, 0.2) is 5.82 Å². The number of fused-ring (bicyclic) bond motifs is 1. The van der Waals surface area contributed by atoms with Gasteiger partial charge in [-0.1, -0.05) is 24.3 Å². The second-order valence-corrected chi connectivity index (χ2v) is 7.79. The number of alkyl halides is 3. The highest BCUT2D eigenvalue weighted by atomic mass is 19.4. The molecule has 0 radical (unpaired) electrons. The minimum Gasteiger partial charge on any atom is -0.382 e. The van der Waals surface area contributed by atoms with Crippen molar-refractivity contribution in [2.75, 3.05) is 12.8 Å². The molecule has 176 valence electrons. The summed E-state index contributed by atoms with van der Waals surface area (Å²) in [5.74, 6) is -0.949. The number of carbonyl (C=O) groups is 1. The number of Topliss-reactive ketones (excluding diaryl/α,β-unsaturated/α-hetero) is 1. The third-order valence-electron chi connectivity index (χ3n) is 5.39. The van der Waals surface area contributed by atoms with Crippen molar-refractivity contribution in [3.05, 3.63) is 83.1 Å². The van der Waals surface area contributed by atoms with E-state index in [1.165, 1.54) is 6.33 Å². The largest absolute Gasteiger partial charge is 0.416 e. The molecule has 0 spiro atoms. The lowest BCUT2D eigenvalue weighted by Gasteiger charge is -2.10. The van der Waals surface area contributed by atoms with Gasteiger partial charge >= 0.3 is 6.18 Å². The molecule has 0 aliphatic rings. The smallest absolute Gasteiger partial charge is 0.382 e. The first-order valence-corrected chi connectivity index (χ1v) is 10.2. The number of carbonyl (C=O) groups excluding carboxylic acids is 1. The highest BCUT2D eigenvalue weighted by Crippen LogP contribution is 2.33. The summed E-state index contributed by atoms with van der Waals surface area (Å²) < 4.78 is 59.6. The Morgan fingerprint density at radius 2 is 1.82 bits per heavy atom. The number of aromatic nitrogens is 3. The van der Waals surface area contributed by atoms with E-state index in [1.807, 2.05) is 0 Å². The summed E-state index contributed by atoms with van der Waals surface area (Å²) in [5.41, 5.74) is 8.50. The Morgan fingerprint density at radius 3 is 2.50 bits per heavy atom. The van der Waals surface area contributed by atoms with E-state index >= 15 is 0 Å². The van der Waals surface area contributed by atoms with Crippen LogP contribution in [0.5, 0.6) is 0 Å². The first-order valence-electron chi connectivity index (χ1n) is 10.2. The summed E-state index contributed by atoms with van der Waals surface area (Å²) in [6.07, 6.45) is -1.95. The minimum absolute atomic E-state index is 0.0529. The first kappa shape index (κ1) is 23.4. The average Bonchev–Trinajstić information content (AvgIpc) is 3.15. The summed E-state index contributed by atoms with van der Waals surface area (Å²) in [4.78, 5) is 16.5. The Labute approximate surface area is 192 Å². The molecule has 2 N–H and O–H groups in total. The monoisotopic (exact) mass is 472 g/mol. The van der Waals surface area contributed by atoms with Crippen LogP contribution in [0, 0.1) is 5.82 Å². The number of nitrogens with zero attached hydrogens (tertiary/aromatic N) is 3. The molecule has 4 rings (SSSR count). The second kappa shape index (κ2) is 9.22. The summed E-state index contributed by atoms with van der Waals surface area (Å²) in [7, 11) is 1.57. The van der Waals surface area contributed by atoms with Crippen LogP contribution in [0.1, 0.15) is 22.3 Å². The number of hydrogen-bond acceptors (Lipinski definition) is 5. The molecule has 0 fully saturated rings. The van der Waals surface area contributed by atoms with Crippen molar-refractivity contribution in [3.63, 3.8) is 0 Å². The van der Waals surface area contributed by atoms with Gasteiger partial charge in [0, 0.05) is 37.3 Å². The van der Waals surface area contributed by atoms with Crippen molar-refractivity contribution < 1.29 is 27.1 Å². The van der Waals surface area contributed by atoms with Crippen LogP contribution >= 0.6 is 0 Å². The van der Waals surface area contributed by atoms with Gasteiger partial charge in [-0.15, -0.1) is 0 Å². The second-order valence-electron chi connectivity index (χ2n) is 7.79. The zero-order valence-corrected chi connectivity index (χ0v) is 18.1. The fraction of sp³-hybridized carbons (Fsp3) is 0.208. The minimum atomic E-state index is -4.61. The number of ketones is 1. The summed E-state index contributed by atoms with van der Waals surface area (Å²) in [5, 5.41) is 4.18. The molecule has 34 heavy (non-hydrogen) atoms. The van der Waals surface area contributed by atoms with E-state index in [9.17, 15) is 22.4 Å². The highest BCUT2D eigenvalue weighted by Gasteiger charge is 2.31. The number of nitrogen functional groups attached to an aromatic ring is 1. The van der Waals surface area contributed by atoms with E-state index in [0.29, 0.717) is 35.6 Å². The van der Waals surface area contributed by atoms with Crippen LogP contribution in [-0.4, -0.2) is 27.5 Å². The Bertz CT molecular complexity index is 1350. The molecule has 0 atom stereocenters. The zero-order chi connectivity index (χ0) is 24.5. The predicted molar refractivity (Wildman–Crippen MR) is 117 cm³/mol. The molecule has 0 saturated carbocycles. The van der Waals surface area contributed by atoms with Crippen molar-refractivity contribution in [1.82, 2.24) is 14.6 Å². The average molecular weight is 472 g/mol. The van der Waals surface area contributed by atoms with Crippen molar-refractivity contribution in [2.24, 2.45) is 0 Å². The third kappa shape index (κ3) is 4.76. The lowest BCUT2D eigenvalue weighted by Crippen LogP contribution is -2.11. The molecule has 0 aliphatic heterocycles. The van der Waals surface area contributed by atoms with Crippen LogP contribution in [0.15, 0.2) is 55.0 Å². The van der Waals surface area contributed by atoms with Crippen LogP contribution in [0.3, 0.4) is 0 Å². The molecule has 2 heterocycles. The molecule has 6 nitrogen and oxygen atoms in total. The molecule has 0 aliphatic carbocycles. The SMILES string of the molecule is COCc1cn2ncnc(N)c2c1-c1ccc(CC(=O)Cc2cc(C(F)(F)F)ccc2F)cc1. The lowest BCUT2D eigenvalue weighted by molar-refractivity contribution is -0.137. The third-order valence-corrected chi connectivity index (χ3v) is 5.39. The van der Waals surface area contributed by atoms with Crippen LogP contribution in [0.2, 0.25) is 0 Å². The van der Waals surface area contributed by atoms with Crippen molar-refractivity contribution >= 4 is 17.1 Å². The molecule has 0 saturated heterocycles. The van der Waals surface area contributed by atoms with Gasteiger partial charge in [0.2, 0.25) is 0 Å². The molecule has 2 aromatic carbocycles. The summed E-state index contributed by atoms with van der Waals surface area (Å²) in [6.45, 7) is 0.320. The predicted octanol–water partition coefficient (Wildman–Crippen LogP) is 4.64. The number of ether oxygens (including phenoxy) is 1. The topological polar surface area (TPSA) is 82.5 Å². The van der Waals surface area contributed by atoms with Gasteiger partial charge in [0.25, 0.3) is 0 Å². The number of benzene rings is 2. The molecular weight excluding hydrogens is 452 g/mol. The standard InChI is InChI=1S/C24H20F4N4O2/c1-34-12-17-11-32-22(23(29)30-13-31-32)21(17)15-4-2-14(3-5-15)8-19(33)10-16-9-18(24(26,27)28)6-7-20(16)25/h2-7,9,11,13H,8,10,12H2,1H3,(H2,29,30,31). The van der Waals surface area contributed by atoms with E-state index in [0.717, 1.165) is 22.8 Å². The van der Waals surface area contributed by atoms with Crippen LogP contribution in [0.4, 0.5) is 23.4 Å². The summed E-state index contributed by atoms with van der Waals surface area (Å²) in [6, 6.07) is 9.13. The molecule has 2 aromatic heterocycles. The van der Waals surface area contributed by atoms with Crippen molar-refractivity contribution in [1.29, 1.82) is 0 Å². The Morgan fingerprint density at radius 1 is 1.09 bits per heavy atom. The quantitative estimate of drug-likeness (QED) is 0.397. The van der Waals surface area contributed by atoms with Crippen LogP contribution < -0.4 is 5.73 Å². The molecular formula is C24H20F4N4O2. The summed E-state index contributed by atoms with van der Waals surface area (Å²) >= 11 is 0. The number of anilines is 1. The number of methoxy groups -OCH3 is 1. The highest BCUT2D eigenvalue weighted by molar-refractivity contribution is 5.90. The van der Waals surface area contributed by atoms with E-state index in [2.05, 4.69) is 10.1 Å². The first-order chi connectivity index (χ1) is 16.2. The molecule has 0 bridgehead atoms. The normalized spacial score (nSPS) is 11.8. The number of halogens is 4. The fourth-order valence-corrected chi connectivity index (χ4v) is 3.85. The van der Waals surface area contributed by atoms with Gasteiger partial charge < -0.3 is 10.5 Å². The maximum atomic E-state index is 14.0. The van der Waals surface area contributed by atoms with E-state index in [1.54, 1.807) is 42.1 Å². The number of rotatable bonds is 7. The maximum Gasteiger partial charge on any atom is 0.416 e. The fourth-order valence-electron chi connectivity index (χ4n) is 3.85. The zero-order valence-electron chi connectivity index (χ0n) is 18.1. The Kier molecular flexibility index (Phi) is 6.34. The van der Waals surface area contributed by atoms with Crippen molar-refractivity contribution in [3.8, 4) is 11.1 Å². The Balaban J connectivity index is 1.56. The van der Waals surface area contributed by atoms with Gasteiger partial charge in [-0.3, -0.25) is 4.79 Å². The van der Waals surface area contributed by atoms with Crippen molar-refractivity contribution in [2.45, 2.75) is 25.6 Å². The molecule has 4 aromatic rings. The van der Waals surface area contributed by atoms with E-state index in [-0.39, 0.29) is 12.0 Å². The van der Waals surface area contributed by atoms with Gasteiger partial charge in [-0.2, -0.15) is 18.3 Å². The van der Waals surface area contributed by atoms with Gasteiger partial charge in [-0.05, 0) is 34.9 Å². The molecule has 0 unspecified atom stereocenters. The Hall–Kier alpha value is -3.79. The van der Waals surface area contributed by atoms with E-state index < -0.39 is 29.8 Å². The number of hydrogen-bond donors (Lipinski definition) is 1. The lowest BCUT2D eigenvalue weighted by atomic mass is 9.97. The van der Waals surface area contributed by atoms with E-state index in [4.69, 9.17) is 10.5 Å². The molecule has 0 amide bonds. The maximum absolute atomic E-state index is 14.0. The number of nitrogens with two attached hydrogens (primary N) is 1. The van der Waals surface area contributed by atoms with Gasteiger partial charge in [-0.25, -0.2) is 13.9 Å².